The number of furan rings is 1. The number of rotatable bonds is 4. The molecule has 2 heterocycles. The zero-order valence-corrected chi connectivity index (χ0v) is 15.2. The largest absolute Gasteiger partial charge is 0.461 e. The van der Waals surface area contributed by atoms with E-state index in [1.807, 2.05) is 49.1 Å². The summed E-state index contributed by atoms with van der Waals surface area (Å²) in [6.07, 6.45) is 2.75. The van der Waals surface area contributed by atoms with Gasteiger partial charge >= 0.3 is 0 Å². The second-order valence-electron chi connectivity index (χ2n) is 7.56. The first kappa shape index (κ1) is 16.9. The van der Waals surface area contributed by atoms with Gasteiger partial charge in [-0.3, -0.25) is 9.59 Å². The minimum atomic E-state index is 0.0151. The van der Waals surface area contributed by atoms with Gasteiger partial charge in [0.05, 0.1) is 0 Å². The molecule has 0 saturated heterocycles. The molecular formula is C21H24N2O3. The highest BCUT2D eigenvalue weighted by molar-refractivity contribution is 5.94. The highest BCUT2D eigenvalue weighted by Crippen LogP contribution is 2.32. The summed E-state index contributed by atoms with van der Waals surface area (Å²) in [7, 11) is 0. The Hall–Kier alpha value is -2.56. The van der Waals surface area contributed by atoms with Gasteiger partial charge in [0.2, 0.25) is 11.8 Å². The molecule has 2 aliphatic rings. The standard InChI is InChI=1S/C21H24N2O3/c1-13(2)21(25)23-10-9-18-16(12-23)11-19(26-18)14-5-7-17(8-6-14)22-20(24)15-3-4-15/h5-8,11,13,15H,3-4,9-10,12H2,1-2H3,(H,22,24). The van der Waals surface area contributed by atoms with E-state index in [4.69, 9.17) is 4.42 Å². The van der Waals surface area contributed by atoms with E-state index in [2.05, 4.69) is 5.32 Å². The molecule has 5 heteroatoms. The van der Waals surface area contributed by atoms with E-state index in [-0.39, 0.29) is 23.7 Å². The van der Waals surface area contributed by atoms with Crippen LogP contribution in [0.4, 0.5) is 5.69 Å². The Morgan fingerprint density at radius 1 is 1.19 bits per heavy atom. The van der Waals surface area contributed by atoms with E-state index in [1.54, 1.807) is 0 Å². The SMILES string of the molecule is CC(C)C(=O)N1CCc2oc(-c3ccc(NC(=O)C4CC4)cc3)cc2C1. The molecule has 1 N–H and O–H groups in total. The average molecular weight is 352 g/mol. The lowest BCUT2D eigenvalue weighted by atomic mass is 10.1. The minimum Gasteiger partial charge on any atom is -0.461 e. The van der Waals surface area contributed by atoms with Crippen molar-refractivity contribution in [1.82, 2.24) is 4.90 Å². The molecule has 1 aromatic carbocycles. The van der Waals surface area contributed by atoms with Gasteiger partial charge in [-0.1, -0.05) is 13.8 Å². The number of nitrogens with zero attached hydrogens (tertiary/aromatic N) is 1. The normalized spacial score (nSPS) is 16.5. The number of benzene rings is 1. The molecule has 0 spiro atoms. The van der Waals surface area contributed by atoms with Crippen LogP contribution >= 0.6 is 0 Å². The van der Waals surface area contributed by atoms with Crippen LogP contribution in [-0.4, -0.2) is 23.3 Å². The van der Waals surface area contributed by atoms with Gasteiger partial charge in [-0.2, -0.15) is 0 Å². The summed E-state index contributed by atoms with van der Waals surface area (Å²) < 4.78 is 6.02. The minimum absolute atomic E-state index is 0.0151. The third-order valence-electron chi connectivity index (χ3n) is 5.06. The first-order valence-electron chi connectivity index (χ1n) is 9.33. The molecule has 2 aromatic rings. The lowest BCUT2D eigenvalue weighted by Gasteiger charge is -2.27. The van der Waals surface area contributed by atoms with Gasteiger partial charge in [-0.15, -0.1) is 0 Å². The maximum Gasteiger partial charge on any atom is 0.227 e. The number of amides is 2. The number of hydrogen-bond acceptors (Lipinski definition) is 3. The van der Waals surface area contributed by atoms with Crippen molar-refractivity contribution >= 4 is 17.5 Å². The second-order valence-corrected chi connectivity index (χ2v) is 7.56. The molecule has 0 bridgehead atoms. The van der Waals surface area contributed by atoms with Gasteiger partial charge < -0.3 is 14.6 Å². The predicted molar refractivity (Wildman–Crippen MR) is 99.5 cm³/mol. The summed E-state index contributed by atoms with van der Waals surface area (Å²) in [6, 6.07) is 9.78. The first-order valence-corrected chi connectivity index (χ1v) is 9.33. The van der Waals surface area contributed by atoms with E-state index in [0.29, 0.717) is 13.1 Å². The summed E-state index contributed by atoms with van der Waals surface area (Å²) in [5, 5.41) is 2.95. The average Bonchev–Trinajstić information content (AvgIpc) is 3.40. The van der Waals surface area contributed by atoms with E-state index >= 15 is 0 Å². The van der Waals surface area contributed by atoms with Crippen LogP contribution in [0.2, 0.25) is 0 Å². The number of carbonyl (C=O) groups excluding carboxylic acids is 2. The van der Waals surface area contributed by atoms with Crippen molar-refractivity contribution in [3.8, 4) is 11.3 Å². The molecule has 0 unspecified atom stereocenters. The third kappa shape index (κ3) is 3.39. The van der Waals surface area contributed by atoms with Crippen molar-refractivity contribution in [3.05, 3.63) is 41.7 Å². The van der Waals surface area contributed by atoms with Crippen LogP contribution in [0, 0.1) is 11.8 Å². The van der Waals surface area contributed by atoms with E-state index in [0.717, 1.165) is 47.6 Å². The molecule has 0 radical (unpaired) electrons. The molecule has 1 aliphatic heterocycles. The Labute approximate surface area is 153 Å². The van der Waals surface area contributed by atoms with E-state index in [9.17, 15) is 9.59 Å². The molecule has 1 saturated carbocycles. The molecule has 136 valence electrons. The Bertz CT molecular complexity index is 831. The van der Waals surface area contributed by atoms with Gasteiger partial charge in [-0.05, 0) is 43.2 Å². The third-order valence-corrected chi connectivity index (χ3v) is 5.06. The molecule has 5 nitrogen and oxygen atoms in total. The molecule has 2 amide bonds. The number of fused-ring (bicyclic) bond motifs is 1. The van der Waals surface area contributed by atoms with Crippen LogP contribution in [0.3, 0.4) is 0 Å². The van der Waals surface area contributed by atoms with Crippen LogP contribution in [-0.2, 0) is 22.6 Å². The summed E-state index contributed by atoms with van der Waals surface area (Å²) >= 11 is 0. The molecule has 1 aromatic heterocycles. The van der Waals surface area contributed by atoms with Crippen LogP contribution in [0.5, 0.6) is 0 Å². The van der Waals surface area contributed by atoms with Crippen molar-refractivity contribution in [2.75, 3.05) is 11.9 Å². The fourth-order valence-electron chi connectivity index (χ4n) is 3.34. The highest BCUT2D eigenvalue weighted by Gasteiger charge is 2.29. The Kier molecular flexibility index (Phi) is 4.31. The fraction of sp³-hybridized carbons (Fsp3) is 0.429. The van der Waals surface area contributed by atoms with Crippen molar-refractivity contribution in [2.45, 2.75) is 39.7 Å². The zero-order chi connectivity index (χ0) is 18.3. The molecular weight excluding hydrogens is 328 g/mol. The van der Waals surface area contributed by atoms with Crippen molar-refractivity contribution in [2.24, 2.45) is 11.8 Å². The van der Waals surface area contributed by atoms with Crippen LogP contribution in [0.25, 0.3) is 11.3 Å². The Balaban J connectivity index is 1.47. The number of carbonyl (C=O) groups is 2. The van der Waals surface area contributed by atoms with Crippen LogP contribution in [0.1, 0.15) is 38.0 Å². The monoisotopic (exact) mass is 352 g/mol. The lowest BCUT2D eigenvalue weighted by Crippen LogP contribution is -2.37. The summed E-state index contributed by atoms with van der Waals surface area (Å²) in [5.74, 6) is 2.30. The van der Waals surface area contributed by atoms with Crippen molar-refractivity contribution in [1.29, 1.82) is 0 Å². The maximum atomic E-state index is 12.2. The smallest absolute Gasteiger partial charge is 0.227 e. The van der Waals surface area contributed by atoms with Gasteiger partial charge in [-0.25, -0.2) is 0 Å². The molecule has 1 fully saturated rings. The van der Waals surface area contributed by atoms with Crippen molar-refractivity contribution in [3.63, 3.8) is 0 Å². The lowest BCUT2D eigenvalue weighted by molar-refractivity contribution is -0.135. The van der Waals surface area contributed by atoms with E-state index < -0.39 is 0 Å². The highest BCUT2D eigenvalue weighted by atomic mass is 16.3. The topological polar surface area (TPSA) is 62.6 Å². The van der Waals surface area contributed by atoms with Crippen molar-refractivity contribution < 1.29 is 14.0 Å². The van der Waals surface area contributed by atoms with Crippen LogP contribution < -0.4 is 5.32 Å². The predicted octanol–water partition coefficient (Wildman–Crippen LogP) is 3.84. The van der Waals surface area contributed by atoms with Gasteiger partial charge in [0, 0.05) is 48.2 Å². The van der Waals surface area contributed by atoms with Gasteiger partial charge in [0.25, 0.3) is 0 Å². The summed E-state index contributed by atoms with van der Waals surface area (Å²) in [6.45, 7) is 5.19. The van der Waals surface area contributed by atoms with Crippen LogP contribution in [0.15, 0.2) is 34.7 Å². The number of anilines is 1. The molecule has 26 heavy (non-hydrogen) atoms. The molecule has 1 aliphatic carbocycles. The first-order chi connectivity index (χ1) is 12.5. The number of nitrogens with one attached hydrogen (secondary N) is 1. The van der Waals surface area contributed by atoms with Gasteiger partial charge in [0.1, 0.15) is 11.5 Å². The number of hydrogen-bond donors (Lipinski definition) is 1. The quantitative estimate of drug-likeness (QED) is 0.909. The summed E-state index contributed by atoms with van der Waals surface area (Å²) in [5.41, 5.74) is 2.88. The Morgan fingerprint density at radius 2 is 1.92 bits per heavy atom. The van der Waals surface area contributed by atoms with Gasteiger partial charge in [0.15, 0.2) is 0 Å². The van der Waals surface area contributed by atoms with E-state index in [1.165, 1.54) is 0 Å². The second kappa shape index (κ2) is 6.63. The molecule has 4 rings (SSSR count). The summed E-state index contributed by atoms with van der Waals surface area (Å²) in [4.78, 5) is 26.0. The molecule has 0 atom stereocenters. The fourth-order valence-corrected chi connectivity index (χ4v) is 3.34. The Morgan fingerprint density at radius 3 is 2.58 bits per heavy atom. The zero-order valence-electron chi connectivity index (χ0n) is 15.2. The maximum absolute atomic E-state index is 12.2.